The van der Waals surface area contributed by atoms with E-state index in [1.54, 1.807) is 0 Å². The number of piperidine rings is 1. The van der Waals surface area contributed by atoms with Crippen molar-refractivity contribution < 1.29 is 8.42 Å². The van der Waals surface area contributed by atoms with Crippen molar-refractivity contribution in [1.29, 1.82) is 0 Å². The van der Waals surface area contributed by atoms with E-state index >= 15 is 0 Å². The van der Waals surface area contributed by atoms with E-state index in [0.29, 0.717) is 11.5 Å². The van der Waals surface area contributed by atoms with Crippen LogP contribution in [0.5, 0.6) is 0 Å². The Bertz CT molecular complexity index is 309. The Morgan fingerprint density at radius 2 is 1.89 bits per heavy atom. The average molecular weight is 276 g/mol. The van der Waals surface area contributed by atoms with Crippen LogP contribution in [0, 0.1) is 5.92 Å². The maximum absolute atomic E-state index is 11.6. The van der Waals surface area contributed by atoms with E-state index in [9.17, 15) is 8.42 Å². The lowest BCUT2D eigenvalue weighted by atomic mass is 9.94. The normalized spacial score (nSPS) is 19.2. The van der Waals surface area contributed by atoms with Gasteiger partial charge in [-0.25, -0.2) is 8.42 Å². The third kappa shape index (κ3) is 6.16. The van der Waals surface area contributed by atoms with Gasteiger partial charge in [0.25, 0.3) is 0 Å². The molecule has 1 fully saturated rings. The van der Waals surface area contributed by atoms with Crippen LogP contribution in [0.15, 0.2) is 0 Å². The molecule has 18 heavy (non-hydrogen) atoms. The number of rotatable bonds is 8. The van der Waals surface area contributed by atoms with E-state index < -0.39 is 9.84 Å². The molecule has 0 aromatic carbocycles. The molecule has 0 atom stereocenters. The summed E-state index contributed by atoms with van der Waals surface area (Å²) < 4.78 is 23.3. The first-order valence-electron chi connectivity index (χ1n) is 7.14. The van der Waals surface area contributed by atoms with Gasteiger partial charge in [-0.3, -0.25) is 0 Å². The fourth-order valence-corrected chi connectivity index (χ4v) is 3.89. The Labute approximate surface area is 112 Å². The summed E-state index contributed by atoms with van der Waals surface area (Å²) in [5.41, 5.74) is 0. The molecular weight excluding hydrogens is 248 g/mol. The van der Waals surface area contributed by atoms with Gasteiger partial charge < -0.3 is 10.2 Å². The van der Waals surface area contributed by atoms with E-state index in [1.165, 1.54) is 19.3 Å². The highest BCUT2D eigenvalue weighted by Crippen LogP contribution is 2.19. The van der Waals surface area contributed by atoms with E-state index in [0.717, 1.165) is 38.5 Å². The van der Waals surface area contributed by atoms with E-state index in [4.69, 9.17) is 0 Å². The monoisotopic (exact) mass is 276 g/mol. The molecule has 0 amide bonds. The van der Waals surface area contributed by atoms with Crippen LogP contribution in [0.1, 0.15) is 32.6 Å². The fourth-order valence-electron chi connectivity index (χ4n) is 2.53. The summed E-state index contributed by atoms with van der Waals surface area (Å²) in [6.07, 6.45) is 4.41. The molecule has 0 bridgehead atoms. The van der Waals surface area contributed by atoms with Gasteiger partial charge >= 0.3 is 0 Å². The van der Waals surface area contributed by atoms with Crippen molar-refractivity contribution in [2.24, 2.45) is 5.92 Å². The summed E-state index contributed by atoms with van der Waals surface area (Å²) in [6.45, 7) is 5.87. The second kappa shape index (κ2) is 8.12. The van der Waals surface area contributed by atoms with Crippen LogP contribution in [0.25, 0.3) is 0 Å². The molecule has 1 rings (SSSR count). The third-order valence-electron chi connectivity index (χ3n) is 3.74. The Morgan fingerprint density at radius 1 is 1.22 bits per heavy atom. The van der Waals surface area contributed by atoms with E-state index in [2.05, 4.69) is 10.2 Å². The topological polar surface area (TPSA) is 49.4 Å². The molecular formula is C13H28N2O2S. The van der Waals surface area contributed by atoms with Crippen LogP contribution < -0.4 is 5.32 Å². The van der Waals surface area contributed by atoms with Gasteiger partial charge in [0, 0.05) is 12.3 Å². The molecule has 5 heteroatoms. The molecule has 1 N–H and O–H groups in total. The Balaban J connectivity index is 2.19. The van der Waals surface area contributed by atoms with Gasteiger partial charge in [0.15, 0.2) is 9.84 Å². The minimum Gasteiger partial charge on any atom is -0.320 e. The molecule has 1 aliphatic rings. The maximum Gasteiger partial charge on any atom is 0.151 e. The van der Waals surface area contributed by atoms with Gasteiger partial charge in [-0.1, -0.05) is 6.92 Å². The van der Waals surface area contributed by atoms with Crippen molar-refractivity contribution in [2.75, 3.05) is 44.7 Å². The second-order valence-corrected chi connectivity index (χ2v) is 7.63. The van der Waals surface area contributed by atoms with E-state index in [-0.39, 0.29) is 0 Å². The number of hydrogen-bond donors (Lipinski definition) is 1. The van der Waals surface area contributed by atoms with Crippen molar-refractivity contribution in [1.82, 2.24) is 10.2 Å². The van der Waals surface area contributed by atoms with Gasteiger partial charge in [0.1, 0.15) is 0 Å². The molecule has 0 unspecified atom stereocenters. The number of nitrogens with one attached hydrogen (secondary N) is 1. The second-order valence-electron chi connectivity index (χ2n) is 5.33. The summed E-state index contributed by atoms with van der Waals surface area (Å²) in [5.74, 6) is 1.49. The SMILES string of the molecule is CCCS(=O)(=O)CCN1CCC(CCNC)CC1. The zero-order chi connectivity index (χ0) is 13.4. The van der Waals surface area contributed by atoms with Crippen molar-refractivity contribution in [2.45, 2.75) is 32.6 Å². The number of hydrogen-bond acceptors (Lipinski definition) is 4. The van der Waals surface area contributed by atoms with Crippen molar-refractivity contribution in [3.05, 3.63) is 0 Å². The van der Waals surface area contributed by atoms with Gasteiger partial charge in [0.2, 0.25) is 0 Å². The first kappa shape index (κ1) is 15.9. The Kier molecular flexibility index (Phi) is 7.19. The van der Waals surface area contributed by atoms with Crippen LogP contribution in [0.4, 0.5) is 0 Å². The Hall–Kier alpha value is -0.130. The van der Waals surface area contributed by atoms with Crippen LogP contribution in [-0.4, -0.2) is 58.1 Å². The zero-order valence-electron chi connectivity index (χ0n) is 11.8. The highest BCUT2D eigenvalue weighted by molar-refractivity contribution is 7.91. The highest BCUT2D eigenvalue weighted by atomic mass is 32.2. The van der Waals surface area contributed by atoms with Gasteiger partial charge in [-0.15, -0.1) is 0 Å². The fraction of sp³-hybridized carbons (Fsp3) is 1.00. The molecule has 0 aromatic rings. The molecule has 0 saturated carbocycles. The smallest absolute Gasteiger partial charge is 0.151 e. The lowest BCUT2D eigenvalue weighted by Crippen LogP contribution is -2.37. The molecule has 0 aliphatic carbocycles. The van der Waals surface area contributed by atoms with Crippen molar-refractivity contribution in [3.8, 4) is 0 Å². The zero-order valence-corrected chi connectivity index (χ0v) is 12.6. The average Bonchev–Trinajstić information content (AvgIpc) is 2.35. The molecule has 4 nitrogen and oxygen atoms in total. The van der Waals surface area contributed by atoms with Crippen LogP contribution >= 0.6 is 0 Å². The van der Waals surface area contributed by atoms with Crippen LogP contribution in [0.3, 0.4) is 0 Å². The molecule has 1 saturated heterocycles. The lowest BCUT2D eigenvalue weighted by Gasteiger charge is -2.31. The summed E-state index contributed by atoms with van der Waals surface area (Å²) in [7, 11) is -0.817. The standard InChI is InChI=1S/C13H28N2O2S/c1-3-11-18(16,17)12-10-15-8-5-13(6-9-15)4-7-14-2/h13-14H,3-12H2,1-2H3. The molecule has 0 aromatic heterocycles. The minimum absolute atomic E-state index is 0.335. The van der Waals surface area contributed by atoms with Crippen LogP contribution in [-0.2, 0) is 9.84 Å². The number of likely N-dealkylation sites (tertiary alicyclic amines) is 1. The first-order valence-corrected chi connectivity index (χ1v) is 8.97. The first-order chi connectivity index (χ1) is 8.57. The Morgan fingerprint density at radius 3 is 2.44 bits per heavy atom. The molecule has 0 radical (unpaired) electrons. The third-order valence-corrected chi connectivity index (χ3v) is 5.58. The van der Waals surface area contributed by atoms with Gasteiger partial charge in [-0.05, 0) is 58.3 Å². The lowest BCUT2D eigenvalue weighted by molar-refractivity contribution is 0.187. The van der Waals surface area contributed by atoms with E-state index in [1.807, 2.05) is 14.0 Å². The highest BCUT2D eigenvalue weighted by Gasteiger charge is 2.20. The molecule has 1 heterocycles. The summed E-state index contributed by atoms with van der Waals surface area (Å²) in [5, 5.41) is 3.19. The predicted molar refractivity (Wildman–Crippen MR) is 76.7 cm³/mol. The molecule has 1 aliphatic heterocycles. The number of nitrogens with zero attached hydrogens (tertiary/aromatic N) is 1. The quantitative estimate of drug-likeness (QED) is 0.722. The van der Waals surface area contributed by atoms with Crippen molar-refractivity contribution in [3.63, 3.8) is 0 Å². The minimum atomic E-state index is -2.81. The largest absolute Gasteiger partial charge is 0.320 e. The summed E-state index contributed by atoms with van der Waals surface area (Å²) >= 11 is 0. The molecule has 108 valence electrons. The number of sulfone groups is 1. The maximum atomic E-state index is 11.6. The summed E-state index contributed by atoms with van der Waals surface area (Å²) in [6, 6.07) is 0. The predicted octanol–water partition coefficient (Wildman–Crippen LogP) is 1.13. The van der Waals surface area contributed by atoms with Crippen LogP contribution in [0.2, 0.25) is 0 Å². The van der Waals surface area contributed by atoms with Gasteiger partial charge in [-0.2, -0.15) is 0 Å². The van der Waals surface area contributed by atoms with Gasteiger partial charge in [0.05, 0.1) is 5.75 Å². The van der Waals surface area contributed by atoms with Crippen molar-refractivity contribution >= 4 is 9.84 Å². The summed E-state index contributed by atoms with van der Waals surface area (Å²) in [4.78, 5) is 2.31. The molecule has 0 spiro atoms.